The minimum Gasteiger partial charge on any atom is -0.493 e. The lowest BCUT2D eigenvalue weighted by atomic mass is 9.91. The zero-order valence-corrected chi connectivity index (χ0v) is 20.0. The lowest BCUT2D eigenvalue weighted by Gasteiger charge is -2.24. The van der Waals surface area contributed by atoms with E-state index in [0.717, 1.165) is 11.6 Å². The number of ether oxygens (including phenoxy) is 2. The summed E-state index contributed by atoms with van der Waals surface area (Å²) in [5.41, 5.74) is 0.887. The van der Waals surface area contributed by atoms with Gasteiger partial charge in [0.25, 0.3) is 5.91 Å². The van der Waals surface area contributed by atoms with Crippen molar-refractivity contribution in [2.75, 3.05) is 13.2 Å². The second-order valence-corrected chi connectivity index (χ2v) is 8.64. The van der Waals surface area contributed by atoms with Crippen LogP contribution in [-0.4, -0.2) is 35.1 Å². The van der Waals surface area contributed by atoms with Crippen molar-refractivity contribution in [2.45, 2.75) is 18.8 Å². The number of hydrogen-bond acceptors (Lipinski definition) is 7. The van der Waals surface area contributed by atoms with Gasteiger partial charge in [0.1, 0.15) is 17.6 Å². The number of carbonyl (C=O) groups excluding carboxylic acids is 1. The molecular formula is C26H20ClN3O7. The Morgan fingerprint density at radius 2 is 1.95 bits per heavy atom. The lowest BCUT2D eigenvalue weighted by Crippen LogP contribution is -2.25. The predicted molar refractivity (Wildman–Crippen MR) is 132 cm³/mol. The maximum absolute atomic E-state index is 12.6. The van der Waals surface area contributed by atoms with Gasteiger partial charge in [-0.15, -0.1) is 0 Å². The van der Waals surface area contributed by atoms with Gasteiger partial charge < -0.3 is 19.9 Å². The second-order valence-electron chi connectivity index (χ2n) is 8.20. The number of nitro benzene ring substituents is 1. The molecule has 1 heterocycles. The van der Waals surface area contributed by atoms with Gasteiger partial charge in [-0.05, 0) is 48.7 Å². The van der Waals surface area contributed by atoms with Crippen molar-refractivity contribution in [3.63, 3.8) is 0 Å². The van der Waals surface area contributed by atoms with E-state index in [2.05, 4.69) is 5.32 Å². The molecular weight excluding hydrogens is 502 g/mol. The molecule has 1 aliphatic heterocycles. The fourth-order valence-electron chi connectivity index (χ4n) is 3.93. The zero-order valence-electron chi connectivity index (χ0n) is 19.3. The van der Waals surface area contributed by atoms with E-state index in [9.17, 15) is 30.1 Å². The molecule has 10 nitrogen and oxygen atoms in total. The number of hydrogen-bond donors (Lipinski definition) is 2. The van der Waals surface area contributed by atoms with Crippen LogP contribution in [0.15, 0.2) is 54.6 Å². The molecule has 1 atom stereocenters. The fraction of sp³-hybridized carbons (Fsp3) is 0.192. The number of carboxylic acids is 1. The third-order valence-electron chi connectivity index (χ3n) is 5.82. The number of halogens is 1. The van der Waals surface area contributed by atoms with Crippen molar-refractivity contribution < 1.29 is 29.1 Å². The summed E-state index contributed by atoms with van der Waals surface area (Å²) < 4.78 is 11.2. The zero-order chi connectivity index (χ0) is 26.5. The van der Waals surface area contributed by atoms with Crippen LogP contribution < -0.4 is 14.8 Å². The Hall–Kier alpha value is -4.62. The van der Waals surface area contributed by atoms with Crippen LogP contribution in [0.2, 0.25) is 5.02 Å². The number of benzene rings is 3. The summed E-state index contributed by atoms with van der Waals surface area (Å²) in [7, 11) is 0. The summed E-state index contributed by atoms with van der Waals surface area (Å²) in [6.45, 7) is 0.474. The van der Waals surface area contributed by atoms with Crippen LogP contribution in [-0.2, 0) is 11.2 Å². The maximum atomic E-state index is 12.6. The molecule has 1 unspecified atom stereocenters. The summed E-state index contributed by atoms with van der Waals surface area (Å²) in [6.07, 6.45) is 0.800. The standard InChI is InChI=1S/C26H20ClN3O7/c27-18-4-1-15(2-5-18)7-9-29-25(31)16-3-6-22(21(12-16)30(34)35)37-23-13-24-20(11-17(23)14-28)19(26(32)33)8-10-36-24/h1-6,11-13,19H,7-10H2,(H,29,31)(H,32,33). The van der Waals surface area contributed by atoms with E-state index in [4.69, 9.17) is 21.1 Å². The highest BCUT2D eigenvalue weighted by atomic mass is 35.5. The Bertz CT molecular complexity index is 1420. The molecule has 37 heavy (non-hydrogen) atoms. The molecule has 0 aliphatic carbocycles. The van der Waals surface area contributed by atoms with E-state index in [1.165, 1.54) is 24.3 Å². The van der Waals surface area contributed by atoms with Crippen molar-refractivity contribution in [3.8, 4) is 23.3 Å². The van der Waals surface area contributed by atoms with Gasteiger partial charge in [0.05, 0.1) is 23.0 Å². The van der Waals surface area contributed by atoms with Crippen molar-refractivity contribution in [1.29, 1.82) is 5.26 Å². The average Bonchev–Trinajstić information content (AvgIpc) is 2.88. The summed E-state index contributed by atoms with van der Waals surface area (Å²) in [5, 5.41) is 34.1. The van der Waals surface area contributed by atoms with Gasteiger partial charge in [0.15, 0.2) is 0 Å². The first-order chi connectivity index (χ1) is 17.8. The third kappa shape index (κ3) is 5.79. The average molecular weight is 522 g/mol. The molecule has 0 aromatic heterocycles. The van der Waals surface area contributed by atoms with Gasteiger partial charge in [-0.1, -0.05) is 23.7 Å². The van der Waals surface area contributed by atoms with Crippen LogP contribution in [0, 0.1) is 21.4 Å². The van der Waals surface area contributed by atoms with Gasteiger partial charge in [-0.3, -0.25) is 19.7 Å². The predicted octanol–water partition coefficient (Wildman–Crippen LogP) is 4.84. The van der Waals surface area contributed by atoms with Crippen LogP contribution in [0.3, 0.4) is 0 Å². The highest BCUT2D eigenvalue weighted by Crippen LogP contribution is 2.41. The van der Waals surface area contributed by atoms with E-state index in [1.54, 1.807) is 12.1 Å². The molecule has 2 N–H and O–H groups in total. The quantitative estimate of drug-likeness (QED) is 0.315. The molecule has 1 amide bonds. The summed E-state index contributed by atoms with van der Waals surface area (Å²) in [6, 6.07) is 15.6. The van der Waals surface area contributed by atoms with E-state index in [0.29, 0.717) is 23.6 Å². The number of aliphatic carboxylic acids is 1. The minimum absolute atomic E-state index is 0.00572. The molecule has 4 rings (SSSR count). The Morgan fingerprint density at radius 1 is 1.19 bits per heavy atom. The molecule has 0 saturated heterocycles. The van der Waals surface area contributed by atoms with Crippen LogP contribution in [0.25, 0.3) is 0 Å². The third-order valence-corrected chi connectivity index (χ3v) is 6.07. The van der Waals surface area contributed by atoms with Crippen molar-refractivity contribution in [3.05, 3.63) is 92.0 Å². The number of carbonyl (C=O) groups is 2. The number of carboxylic acid groups (broad SMARTS) is 1. The Balaban J connectivity index is 1.54. The number of nitriles is 1. The van der Waals surface area contributed by atoms with E-state index >= 15 is 0 Å². The minimum atomic E-state index is -1.04. The molecule has 3 aromatic rings. The first-order valence-corrected chi connectivity index (χ1v) is 11.6. The molecule has 188 valence electrons. The van der Waals surface area contributed by atoms with Gasteiger partial charge in [-0.2, -0.15) is 5.26 Å². The number of fused-ring (bicyclic) bond motifs is 1. The Morgan fingerprint density at radius 3 is 2.62 bits per heavy atom. The van der Waals surface area contributed by atoms with Crippen molar-refractivity contribution in [2.24, 2.45) is 0 Å². The molecule has 0 fully saturated rings. The monoisotopic (exact) mass is 521 g/mol. The normalized spacial score (nSPS) is 14.0. The Labute approximate surface area is 216 Å². The Kier molecular flexibility index (Phi) is 7.55. The van der Waals surface area contributed by atoms with Crippen LogP contribution in [0.4, 0.5) is 5.69 Å². The van der Waals surface area contributed by atoms with E-state index in [-0.39, 0.29) is 41.4 Å². The second kappa shape index (κ2) is 11.0. The SMILES string of the molecule is N#Cc1cc2c(cc1Oc1ccc(C(=O)NCCc3ccc(Cl)cc3)cc1[N+](=O)[O-])OCCC2C(=O)O. The molecule has 1 aliphatic rings. The molecule has 0 saturated carbocycles. The van der Waals surface area contributed by atoms with Crippen LogP contribution in [0.1, 0.15) is 39.4 Å². The maximum Gasteiger partial charge on any atom is 0.312 e. The largest absolute Gasteiger partial charge is 0.493 e. The number of nitrogens with zero attached hydrogens (tertiary/aromatic N) is 2. The highest BCUT2D eigenvalue weighted by Gasteiger charge is 2.30. The number of nitro groups is 1. The van der Waals surface area contributed by atoms with Gasteiger partial charge >= 0.3 is 11.7 Å². The molecule has 11 heteroatoms. The highest BCUT2D eigenvalue weighted by molar-refractivity contribution is 6.30. The van der Waals surface area contributed by atoms with Crippen molar-refractivity contribution in [1.82, 2.24) is 5.32 Å². The van der Waals surface area contributed by atoms with Crippen LogP contribution in [0.5, 0.6) is 17.2 Å². The van der Waals surface area contributed by atoms with Gasteiger partial charge in [0, 0.05) is 34.8 Å². The lowest BCUT2D eigenvalue weighted by molar-refractivity contribution is -0.385. The number of nitrogens with one attached hydrogen (secondary N) is 1. The molecule has 0 radical (unpaired) electrons. The van der Waals surface area contributed by atoms with Crippen molar-refractivity contribution >= 4 is 29.2 Å². The van der Waals surface area contributed by atoms with E-state index in [1.807, 2.05) is 18.2 Å². The summed E-state index contributed by atoms with van der Waals surface area (Å²) >= 11 is 5.87. The number of rotatable bonds is 8. The van der Waals surface area contributed by atoms with E-state index < -0.39 is 28.4 Å². The van der Waals surface area contributed by atoms with Crippen LogP contribution >= 0.6 is 11.6 Å². The first kappa shape index (κ1) is 25.5. The molecule has 3 aromatic carbocycles. The molecule has 0 bridgehead atoms. The number of amides is 1. The topological polar surface area (TPSA) is 152 Å². The summed E-state index contributed by atoms with van der Waals surface area (Å²) in [5.74, 6) is -2.37. The first-order valence-electron chi connectivity index (χ1n) is 11.2. The summed E-state index contributed by atoms with van der Waals surface area (Å²) in [4.78, 5) is 35.2. The molecule has 0 spiro atoms. The fourth-order valence-corrected chi connectivity index (χ4v) is 4.05. The smallest absolute Gasteiger partial charge is 0.312 e. The van der Waals surface area contributed by atoms with Gasteiger partial charge in [-0.25, -0.2) is 0 Å². The van der Waals surface area contributed by atoms with Gasteiger partial charge in [0.2, 0.25) is 5.75 Å².